The Labute approximate surface area is 115 Å². The third-order valence-corrected chi connectivity index (χ3v) is 3.64. The number of nitrogens with zero attached hydrogens (tertiary/aromatic N) is 2. The fraction of sp³-hybridized carbons (Fsp3) is 0.385. The van der Waals surface area contributed by atoms with E-state index in [0.29, 0.717) is 29.2 Å². The molecule has 0 aliphatic heterocycles. The summed E-state index contributed by atoms with van der Waals surface area (Å²) in [6, 6.07) is 5.64. The first-order valence-corrected chi connectivity index (χ1v) is 6.96. The molecule has 100 valence electrons. The van der Waals surface area contributed by atoms with E-state index in [9.17, 15) is 0 Å². The summed E-state index contributed by atoms with van der Waals surface area (Å²) in [7, 11) is 1.61. The highest BCUT2D eigenvalue weighted by Crippen LogP contribution is 2.40. The zero-order valence-electron chi connectivity index (χ0n) is 10.6. The van der Waals surface area contributed by atoms with Crippen molar-refractivity contribution in [2.24, 2.45) is 5.73 Å². The maximum atomic E-state index is 5.74. The summed E-state index contributed by atoms with van der Waals surface area (Å²) in [6.07, 6.45) is 2.37. The Hall–Kier alpha value is -1.66. The smallest absolute Gasteiger partial charge is 0.298 e. The molecule has 1 fully saturated rings. The van der Waals surface area contributed by atoms with Crippen molar-refractivity contribution < 1.29 is 9.47 Å². The van der Waals surface area contributed by atoms with Crippen molar-refractivity contribution >= 4 is 11.5 Å². The lowest BCUT2D eigenvalue weighted by Gasteiger charge is -2.09. The van der Waals surface area contributed by atoms with Crippen LogP contribution < -0.4 is 15.2 Å². The number of hydrogen-bond donors (Lipinski definition) is 1. The lowest BCUT2D eigenvalue weighted by Crippen LogP contribution is -1.98. The molecule has 0 saturated heterocycles. The molecule has 0 unspecified atom stereocenters. The summed E-state index contributed by atoms with van der Waals surface area (Å²) in [6.45, 7) is 0.473. The maximum absolute atomic E-state index is 5.74. The van der Waals surface area contributed by atoms with Gasteiger partial charge in [0, 0.05) is 24.0 Å². The molecule has 5 nitrogen and oxygen atoms in total. The summed E-state index contributed by atoms with van der Waals surface area (Å²) in [5, 5.41) is 0.556. The quantitative estimate of drug-likeness (QED) is 0.909. The van der Waals surface area contributed by atoms with Crippen LogP contribution in [0.4, 0.5) is 0 Å². The molecule has 0 bridgehead atoms. The molecular weight excluding hydrogens is 262 g/mol. The Morgan fingerprint density at radius 1 is 1.37 bits per heavy atom. The second-order valence-corrected chi connectivity index (χ2v) is 5.20. The molecular formula is C13H15N3O2S. The van der Waals surface area contributed by atoms with E-state index in [1.165, 1.54) is 24.4 Å². The standard InChI is InChI=1S/C13H15N3O2S/c1-17-11-6-8(7-14)2-5-10(11)18-13-15-12(16-19-13)9-3-4-9/h2,5-6,9H,3-4,7,14H2,1H3. The van der Waals surface area contributed by atoms with Crippen molar-refractivity contribution in [2.45, 2.75) is 25.3 Å². The molecule has 2 aromatic rings. The molecule has 1 aliphatic rings. The van der Waals surface area contributed by atoms with Gasteiger partial charge in [-0.3, -0.25) is 0 Å². The molecule has 0 atom stereocenters. The fourth-order valence-electron chi connectivity index (χ4n) is 1.79. The molecule has 3 rings (SSSR count). The van der Waals surface area contributed by atoms with Crippen LogP contribution in [0.2, 0.25) is 0 Å². The Balaban J connectivity index is 1.80. The van der Waals surface area contributed by atoms with E-state index in [4.69, 9.17) is 15.2 Å². The minimum absolute atomic E-state index is 0.473. The SMILES string of the molecule is COc1cc(CN)ccc1Oc1nc(C2CC2)ns1. The van der Waals surface area contributed by atoms with Crippen LogP contribution in [0.15, 0.2) is 18.2 Å². The second-order valence-electron chi connectivity index (χ2n) is 4.48. The number of aromatic nitrogens is 2. The van der Waals surface area contributed by atoms with Gasteiger partial charge in [0.25, 0.3) is 5.19 Å². The third-order valence-electron chi connectivity index (χ3n) is 3.03. The van der Waals surface area contributed by atoms with Gasteiger partial charge < -0.3 is 15.2 Å². The van der Waals surface area contributed by atoms with Gasteiger partial charge in [0.15, 0.2) is 11.5 Å². The van der Waals surface area contributed by atoms with Crippen molar-refractivity contribution in [1.82, 2.24) is 9.36 Å². The van der Waals surface area contributed by atoms with Crippen LogP contribution in [0.3, 0.4) is 0 Å². The lowest BCUT2D eigenvalue weighted by molar-refractivity contribution is 0.377. The van der Waals surface area contributed by atoms with E-state index in [1.54, 1.807) is 7.11 Å². The topological polar surface area (TPSA) is 70.3 Å². The zero-order chi connectivity index (χ0) is 13.2. The summed E-state index contributed by atoms with van der Waals surface area (Å²) >= 11 is 1.28. The van der Waals surface area contributed by atoms with Crippen LogP contribution >= 0.6 is 11.5 Å². The van der Waals surface area contributed by atoms with Gasteiger partial charge in [-0.25, -0.2) is 0 Å². The number of rotatable bonds is 5. The summed E-state index contributed by atoms with van der Waals surface area (Å²) < 4.78 is 15.3. The van der Waals surface area contributed by atoms with Crippen molar-refractivity contribution in [3.8, 4) is 16.7 Å². The van der Waals surface area contributed by atoms with Crippen LogP contribution in [-0.4, -0.2) is 16.5 Å². The number of hydrogen-bond acceptors (Lipinski definition) is 6. The number of methoxy groups -OCH3 is 1. The molecule has 6 heteroatoms. The molecule has 1 heterocycles. The van der Waals surface area contributed by atoms with Crippen LogP contribution in [0.1, 0.15) is 30.1 Å². The highest BCUT2D eigenvalue weighted by molar-refractivity contribution is 7.07. The van der Waals surface area contributed by atoms with Gasteiger partial charge in [-0.15, -0.1) is 0 Å². The first kappa shape index (κ1) is 12.4. The lowest BCUT2D eigenvalue weighted by atomic mass is 10.2. The van der Waals surface area contributed by atoms with E-state index in [2.05, 4.69) is 9.36 Å². The predicted octanol–water partition coefficient (Wildman–Crippen LogP) is 2.68. The molecule has 1 aromatic heterocycles. The van der Waals surface area contributed by atoms with E-state index < -0.39 is 0 Å². The van der Waals surface area contributed by atoms with Crippen LogP contribution in [-0.2, 0) is 6.54 Å². The first-order chi connectivity index (χ1) is 9.30. The molecule has 1 saturated carbocycles. The highest BCUT2D eigenvalue weighted by Gasteiger charge is 2.28. The second kappa shape index (κ2) is 5.14. The summed E-state index contributed by atoms with van der Waals surface area (Å²) in [5.74, 6) is 2.73. The van der Waals surface area contributed by atoms with Crippen molar-refractivity contribution in [1.29, 1.82) is 0 Å². The Morgan fingerprint density at radius 2 is 2.21 bits per heavy atom. The van der Waals surface area contributed by atoms with Gasteiger partial charge in [-0.1, -0.05) is 6.07 Å². The molecule has 19 heavy (non-hydrogen) atoms. The van der Waals surface area contributed by atoms with E-state index in [-0.39, 0.29) is 0 Å². The van der Waals surface area contributed by atoms with Crippen molar-refractivity contribution in [3.05, 3.63) is 29.6 Å². The zero-order valence-corrected chi connectivity index (χ0v) is 11.4. The van der Waals surface area contributed by atoms with Crippen LogP contribution in [0.5, 0.6) is 16.7 Å². The van der Waals surface area contributed by atoms with E-state index in [0.717, 1.165) is 11.4 Å². The number of nitrogens with two attached hydrogens (primary N) is 1. The monoisotopic (exact) mass is 277 g/mol. The number of benzene rings is 1. The molecule has 1 aliphatic carbocycles. The van der Waals surface area contributed by atoms with Gasteiger partial charge in [0.1, 0.15) is 5.82 Å². The fourth-order valence-corrected chi connectivity index (χ4v) is 2.41. The predicted molar refractivity (Wildman–Crippen MR) is 72.8 cm³/mol. The largest absolute Gasteiger partial charge is 0.493 e. The minimum atomic E-state index is 0.473. The van der Waals surface area contributed by atoms with Gasteiger partial charge in [-0.2, -0.15) is 9.36 Å². The molecule has 0 spiro atoms. The van der Waals surface area contributed by atoms with Gasteiger partial charge >= 0.3 is 0 Å². The number of ether oxygens (including phenoxy) is 2. The molecule has 2 N–H and O–H groups in total. The average molecular weight is 277 g/mol. The maximum Gasteiger partial charge on any atom is 0.298 e. The Kier molecular flexibility index (Phi) is 3.35. The molecule has 1 aromatic carbocycles. The normalized spacial score (nSPS) is 14.4. The van der Waals surface area contributed by atoms with E-state index >= 15 is 0 Å². The van der Waals surface area contributed by atoms with E-state index in [1.807, 2.05) is 18.2 Å². The Bertz CT molecular complexity index is 581. The van der Waals surface area contributed by atoms with Gasteiger partial charge in [0.2, 0.25) is 0 Å². The summed E-state index contributed by atoms with van der Waals surface area (Å²) in [5.41, 5.74) is 6.60. The first-order valence-electron chi connectivity index (χ1n) is 6.18. The molecule has 0 radical (unpaired) electrons. The van der Waals surface area contributed by atoms with Crippen molar-refractivity contribution in [2.75, 3.05) is 7.11 Å². The Morgan fingerprint density at radius 3 is 2.89 bits per heavy atom. The van der Waals surface area contributed by atoms with Gasteiger partial charge in [0.05, 0.1) is 7.11 Å². The minimum Gasteiger partial charge on any atom is -0.493 e. The summed E-state index contributed by atoms with van der Waals surface area (Å²) in [4.78, 5) is 4.39. The van der Waals surface area contributed by atoms with Crippen LogP contribution in [0, 0.1) is 0 Å². The van der Waals surface area contributed by atoms with Crippen LogP contribution in [0.25, 0.3) is 0 Å². The molecule has 0 amide bonds. The average Bonchev–Trinajstić information content (AvgIpc) is 3.20. The van der Waals surface area contributed by atoms with Crippen molar-refractivity contribution in [3.63, 3.8) is 0 Å². The third kappa shape index (κ3) is 2.69. The van der Waals surface area contributed by atoms with Gasteiger partial charge in [-0.05, 0) is 30.5 Å². The highest BCUT2D eigenvalue weighted by atomic mass is 32.1.